The molecule has 1 atom stereocenters. The normalized spacial score (nSPS) is 14.0. The number of carbonyl (C=O) groups is 1. The van der Waals surface area contributed by atoms with Crippen LogP contribution in [0, 0.1) is 11.7 Å². The van der Waals surface area contributed by atoms with Crippen molar-refractivity contribution in [3.63, 3.8) is 0 Å². The summed E-state index contributed by atoms with van der Waals surface area (Å²) in [6.45, 7) is 6.11. The Labute approximate surface area is 135 Å². The molecular weight excluding hydrogens is 297 g/mol. The first kappa shape index (κ1) is 17.3. The fourth-order valence-electron chi connectivity index (χ4n) is 2.19. The Morgan fingerprint density at radius 3 is 2.83 bits per heavy atom. The molecule has 4 N–H and O–H groups in total. The molecule has 0 aliphatic heterocycles. The second-order valence-electron chi connectivity index (χ2n) is 6.38. The molecule has 1 aromatic carbocycles. The van der Waals surface area contributed by atoms with Gasteiger partial charge in [0, 0.05) is 30.2 Å². The van der Waals surface area contributed by atoms with Crippen LogP contribution in [-0.2, 0) is 6.42 Å². The predicted molar refractivity (Wildman–Crippen MR) is 88.8 cm³/mol. The van der Waals surface area contributed by atoms with Gasteiger partial charge in [-0.3, -0.25) is 0 Å². The van der Waals surface area contributed by atoms with Crippen molar-refractivity contribution >= 4 is 16.9 Å². The number of nitrogens with one attached hydrogen (secondary N) is 3. The Morgan fingerprint density at radius 1 is 1.39 bits per heavy atom. The van der Waals surface area contributed by atoms with E-state index in [0.717, 1.165) is 16.5 Å². The second-order valence-corrected chi connectivity index (χ2v) is 6.38. The molecule has 1 heterocycles. The maximum atomic E-state index is 13.3. The van der Waals surface area contributed by atoms with Gasteiger partial charge in [0.1, 0.15) is 5.82 Å². The summed E-state index contributed by atoms with van der Waals surface area (Å²) in [6, 6.07) is 4.27. The number of amides is 2. The third-order valence-corrected chi connectivity index (χ3v) is 4.26. The van der Waals surface area contributed by atoms with Crippen LogP contribution in [0.4, 0.5) is 9.18 Å². The standard InChI is InChI=1S/C17H24FN3O2/c1-11(2)17(3,23)10-21-16(22)19-7-6-12-9-20-15-5-4-13(18)8-14(12)15/h4-5,8-9,11,20,23H,6-7,10H2,1-3H3,(H2,19,21,22). The first-order valence-corrected chi connectivity index (χ1v) is 7.79. The first-order chi connectivity index (χ1) is 10.8. The maximum absolute atomic E-state index is 13.3. The molecule has 1 aromatic heterocycles. The van der Waals surface area contributed by atoms with Gasteiger partial charge in [0.2, 0.25) is 0 Å². The van der Waals surface area contributed by atoms with Crippen LogP contribution in [0.1, 0.15) is 26.3 Å². The molecule has 2 rings (SSSR count). The van der Waals surface area contributed by atoms with E-state index in [0.29, 0.717) is 13.0 Å². The summed E-state index contributed by atoms with van der Waals surface area (Å²) in [7, 11) is 0. The van der Waals surface area contributed by atoms with Gasteiger partial charge in [-0.1, -0.05) is 13.8 Å². The Hall–Kier alpha value is -2.08. The number of aromatic nitrogens is 1. The van der Waals surface area contributed by atoms with E-state index in [2.05, 4.69) is 15.6 Å². The molecule has 23 heavy (non-hydrogen) atoms. The summed E-state index contributed by atoms with van der Waals surface area (Å²) in [6.07, 6.45) is 2.42. The van der Waals surface area contributed by atoms with Crippen LogP contribution in [0.3, 0.4) is 0 Å². The van der Waals surface area contributed by atoms with E-state index >= 15 is 0 Å². The number of H-pyrrole nitrogens is 1. The molecular formula is C17H24FN3O2. The van der Waals surface area contributed by atoms with E-state index in [4.69, 9.17) is 0 Å². The van der Waals surface area contributed by atoms with Crippen LogP contribution in [0.2, 0.25) is 0 Å². The highest BCUT2D eigenvalue weighted by Crippen LogP contribution is 2.19. The number of halogens is 1. The van der Waals surface area contributed by atoms with Crippen molar-refractivity contribution in [1.82, 2.24) is 15.6 Å². The molecule has 0 radical (unpaired) electrons. The van der Waals surface area contributed by atoms with Gasteiger partial charge in [-0.25, -0.2) is 9.18 Å². The van der Waals surface area contributed by atoms with Crippen molar-refractivity contribution in [2.45, 2.75) is 32.8 Å². The molecule has 0 aliphatic carbocycles. The van der Waals surface area contributed by atoms with Gasteiger partial charge in [-0.2, -0.15) is 0 Å². The minimum absolute atomic E-state index is 0.0453. The van der Waals surface area contributed by atoms with Crippen molar-refractivity contribution in [3.05, 3.63) is 35.8 Å². The maximum Gasteiger partial charge on any atom is 0.314 e. The molecule has 2 aromatic rings. The van der Waals surface area contributed by atoms with E-state index in [-0.39, 0.29) is 24.3 Å². The van der Waals surface area contributed by atoms with Gasteiger partial charge in [0.25, 0.3) is 0 Å². The van der Waals surface area contributed by atoms with E-state index in [1.54, 1.807) is 13.0 Å². The van der Waals surface area contributed by atoms with Crippen LogP contribution in [0.25, 0.3) is 10.9 Å². The zero-order valence-corrected chi connectivity index (χ0v) is 13.7. The highest BCUT2D eigenvalue weighted by molar-refractivity contribution is 5.83. The van der Waals surface area contributed by atoms with Gasteiger partial charge >= 0.3 is 6.03 Å². The largest absolute Gasteiger partial charge is 0.388 e. The van der Waals surface area contributed by atoms with Crippen molar-refractivity contribution in [1.29, 1.82) is 0 Å². The molecule has 6 heteroatoms. The SMILES string of the molecule is CC(C)C(C)(O)CNC(=O)NCCc1c[nH]c2ccc(F)cc12. The quantitative estimate of drug-likeness (QED) is 0.660. The summed E-state index contributed by atoms with van der Waals surface area (Å²) in [5.41, 5.74) is 0.888. The fraction of sp³-hybridized carbons (Fsp3) is 0.471. The van der Waals surface area contributed by atoms with Gasteiger partial charge in [-0.15, -0.1) is 0 Å². The monoisotopic (exact) mass is 321 g/mol. The minimum atomic E-state index is -0.939. The molecule has 0 saturated heterocycles. The lowest BCUT2D eigenvalue weighted by Crippen LogP contribution is -2.47. The Bertz CT molecular complexity index is 680. The van der Waals surface area contributed by atoms with Gasteiger partial charge < -0.3 is 20.7 Å². The number of hydrogen-bond donors (Lipinski definition) is 4. The average Bonchev–Trinajstić information content (AvgIpc) is 2.87. The van der Waals surface area contributed by atoms with Crippen LogP contribution < -0.4 is 10.6 Å². The number of carbonyl (C=O) groups excluding carboxylic acids is 1. The van der Waals surface area contributed by atoms with Gasteiger partial charge in [0.05, 0.1) is 5.60 Å². The summed E-state index contributed by atoms with van der Waals surface area (Å²) < 4.78 is 13.3. The number of urea groups is 1. The number of aromatic amines is 1. The highest BCUT2D eigenvalue weighted by Gasteiger charge is 2.25. The Balaban J connectivity index is 1.82. The minimum Gasteiger partial charge on any atom is -0.388 e. The second kappa shape index (κ2) is 7.00. The summed E-state index contributed by atoms with van der Waals surface area (Å²) in [4.78, 5) is 14.8. The van der Waals surface area contributed by atoms with Crippen LogP contribution in [-0.4, -0.2) is 34.8 Å². The third kappa shape index (κ3) is 4.45. The Kier molecular flexibility index (Phi) is 5.26. The van der Waals surface area contributed by atoms with Crippen LogP contribution >= 0.6 is 0 Å². The van der Waals surface area contributed by atoms with E-state index in [1.807, 2.05) is 20.0 Å². The van der Waals surface area contributed by atoms with E-state index in [1.165, 1.54) is 12.1 Å². The fourth-order valence-corrected chi connectivity index (χ4v) is 2.19. The first-order valence-electron chi connectivity index (χ1n) is 7.79. The van der Waals surface area contributed by atoms with Gasteiger partial charge in [0.15, 0.2) is 0 Å². The number of benzene rings is 1. The summed E-state index contributed by atoms with van der Waals surface area (Å²) >= 11 is 0. The summed E-state index contributed by atoms with van der Waals surface area (Å²) in [5, 5.41) is 16.3. The van der Waals surface area contributed by atoms with Gasteiger partial charge in [-0.05, 0) is 43.0 Å². The molecule has 0 fully saturated rings. The lowest BCUT2D eigenvalue weighted by atomic mass is 9.93. The van der Waals surface area contributed by atoms with Crippen LogP contribution in [0.5, 0.6) is 0 Å². The number of fused-ring (bicyclic) bond motifs is 1. The molecule has 0 bridgehead atoms. The molecule has 0 aliphatic rings. The number of rotatable bonds is 6. The van der Waals surface area contributed by atoms with Crippen molar-refractivity contribution in [2.24, 2.45) is 5.92 Å². The lowest BCUT2D eigenvalue weighted by Gasteiger charge is -2.27. The average molecular weight is 321 g/mol. The third-order valence-electron chi connectivity index (χ3n) is 4.26. The van der Waals surface area contributed by atoms with Crippen molar-refractivity contribution in [2.75, 3.05) is 13.1 Å². The van der Waals surface area contributed by atoms with Crippen molar-refractivity contribution < 1.29 is 14.3 Å². The lowest BCUT2D eigenvalue weighted by molar-refractivity contribution is 0.0166. The predicted octanol–water partition coefficient (Wildman–Crippen LogP) is 2.56. The molecule has 126 valence electrons. The number of hydrogen-bond acceptors (Lipinski definition) is 2. The molecule has 0 spiro atoms. The molecule has 0 saturated carbocycles. The zero-order valence-electron chi connectivity index (χ0n) is 13.7. The molecule has 5 nitrogen and oxygen atoms in total. The highest BCUT2D eigenvalue weighted by atomic mass is 19.1. The van der Waals surface area contributed by atoms with E-state index < -0.39 is 5.60 Å². The smallest absolute Gasteiger partial charge is 0.314 e. The molecule has 2 amide bonds. The molecule has 1 unspecified atom stereocenters. The summed E-state index contributed by atoms with van der Waals surface area (Å²) in [5.74, 6) is -0.233. The van der Waals surface area contributed by atoms with Crippen LogP contribution in [0.15, 0.2) is 24.4 Å². The Morgan fingerprint density at radius 2 is 2.13 bits per heavy atom. The topological polar surface area (TPSA) is 77.2 Å². The van der Waals surface area contributed by atoms with Crippen molar-refractivity contribution in [3.8, 4) is 0 Å². The number of aliphatic hydroxyl groups is 1. The van der Waals surface area contributed by atoms with E-state index in [9.17, 15) is 14.3 Å². The zero-order chi connectivity index (χ0) is 17.0.